The Morgan fingerprint density at radius 3 is 2.23 bits per heavy atom. The summed E-state index contributed by atoms with van der Waals surface area (Å²) >= 11 is 0. The van der Waals surface area contributed by atoms with Crippen LogP contribution in [0.3, 0.4) is 0 Å². The average Bonchev–Trinajstić information content (AvgIpc) is 2.79. The zero-order valence-electron chi connectivity index (χ0n) is 18.0. The maximum atomic E-state index is 12.0. The molecule has 0 aliphatic heterocycles. The van der Waals surface area contributed by atoms with Crippen LogP contribution in [0.15, 0.2) is 36.4 Å². The van der Waals surface area contributed by atoms with Gasteiger partial charge in [0.1, 0.15) is 0 Å². The summed E-state index contributed by atoms with van der Waals surface area (Å²) in [5.41, 5.74) is 3.00. The lowest BCUT2D eigenvalue weighted by atomic mass is 9.99. The number of benzene rings is 2. The largest absolute Gasteiger partial charge is 0.493 e. The Labute approximate surface area is 181 Å². The molecule has 0 saturated heterocycles. The standard InChI is InChI=1S/C24H27NO6/c1-29-21-12-16(13-22(30-2)23(21)31-3)20-14-18(24(27)28)17-11-15(7-5-4-6-10-26)8-9-19(17)25-20/h8-9,11-14,26H,4-7,10H2,1-3H3,(H,27,28). The first-order chi connectivity index (χ1) is 15.0. The molecule has 0 bridgehead atoms. The molecule has 0 aliphatic carbocycles. The van der Waals surface area contributed by atoms with Crippen molar-refractivity contribution >= 4 is 16.9 Å². The molecule has 0 atom stereocenters. The van der Waals surface area contributed by atoms with E-state index in [1.165, 1.54) is 21.3 Å². The summed E-state index contributed by atoms with van der Waals surface area (Å²) in [6.45, 7) is 0.189. The van der Waals surface area contributed by atoms with Crippen LogP contribution in [0.4, 0.5) is 0 Å². The zero-order chi connectivity index (χ0) is 22.4. The van der Waals surface area contributed by atoms with E-state index in [-0.39, 0.29) is 12.2 Å². The van der Waals surface area contributed by atoms with Crippen LogP contribution in [0, 0.1) is 0 Å². The number of unbranched alkanes of at least 4 members (excludes halogenated alkanes) is 2. The quantitative estimate of drug-likeness (QED) is 0.467. The maximum absolute atomic E-state index is 12.0. The highest BCUT2D eigenvalue weighted by atomic mass is 16.5. The summed E-state index contributed by atoms with van der Waals surface area (Å²) in [6, 6.07) is 10.8. The Morgan fingerprint density at radius 2 is 1.65 bits per heavy atom. The number of pyridine rings is 1. The normalized spacial score (nSPS) is 10.8. The van der Waals surface area contributed by atoms with Crippen molar-refractivity contribution in [3.8, 4) is 28.5 Å². The second-order valence-corrected chi connectivity index (χ2v) is 7.16. The second-order valence-electron chi connectivity index (χ2n) is 7.16. The van der Waals surface area contributed by atoms with Gasteiger partial charge in [-0.3, -0.25) is 0 Å². The number of methoxy groups -OCH3 is 3. The maximum Gasteiger partial charge on any atom is 0.336 e. The molecular formula is C24H27NO6. The summed E-state index contributed by atoms with van der Waals surface area (Å²) < 4.78 is 16.2. The molecule has 1 aromatic heterocycles. The number of nitrogens with zero attached hydrogens (tertiary/aromatic N) is 1. The molecule has 0 radical (unpaired) electrons. The molecular weight excluding hydrogens is 398 g/mol. The molecule has 7 heteroatoms. The molecule has 0 saturated carbocycles. The van der Waals surface area contributed by atoms with E-state index in [0.717, 1.165) is 31.2 Å². The van der Waals surface area contributed by atoms with Crippen molar-refractivity contribution in [3.63, 3.8) is 0 Å². The molecule has 0 aliphatic rings. The number of rotatable bonds is 10. The minimum Gasteiger partial charge on any atom is -0.493 e. The number of aliphatic hydroxyl groups is 1. The van der Waals surface area contributed by atoms with Gasteiger partial charge >= 0.3 is 5.97 Å². The van der Waals surface area contributed by atoms with Crippen LogP contribution in [0.2, 0.25) is 0 Å². The van der Waals surface area contributed by atoms with Crippen LogP contribution in [0.1, 0.15) is 35.2 Å². The highest BCUT2D eigenvalue weighted by Gasteiger charge is 2.18. The van der Waals surface area contributed by atoms with E-state index in [1.54, 1.807) is 18.2 Å². The van der Waals surface area contributed by atoms with Gasteiger partial charge in [0.2, 0.25) is 5.75 Å². The molecule has 164 valence electrons. The van der Waals surface area contributed by atoms with Crippen molar-refractivity contribution in [1.29, 1.82) is 0 Å². The number of aliphatic hydroxyl groups excluding tert-OH is 1. The van der Waals surface area contributed by atoms with Crippen molar-refractivity contribution in [2.24, 2.45) is 0 Å². The van der Waals surface area contributed by atoms with Gasteiger partial charge in [-0.15, -0.1) is 0 Å². The van der Waals surface area contributed by atoms with E-state index in [1.807, 2.05) is 18.2 Å². The smallest absolute Gasteiger partial charge is 0.336 e. The van der Waals surface area contributed by atoms with Crippen LogP contribution in [0.5, 0.6) is 17.2 Å². The molecule has 0 amide bonds. The topological polar surface area (TPSA) is 98.1 Å². The van der Waals surface area contributed by atoms with Gasteiger partial charge in [-0.05, 0) is 55.2 Å². The number of hydrogen-bond donors (Lipinski definition) is 2. The van der Waals surface area contributed by atoms with Crippen molar-refractivity contribution in [3.05, 3.63) is 47.5 Å². The van der Waals surface area contributed by atoms with Gasteiger partial charge in [0.25, 0.3) is 0 Å². The Morgan fingerprint density at radius 1 is 0.935 bits per heavy atom. The van der Waals surface area contributed by atoms with Gasteiger partial charge in [0.05, 0.1) is 38.1 Å². The van der Waals surface area contributed by atoms with Gasteiger partial charge in [0, 0.05) is 17.6 Å². The van der Waals surface area contributed by atoms with Crippen molar-refractivity contribution in [2.75, 3.05) is 27.9 Å². The number of aromatic nitrogens is 1. The molecule has 3 rings (SSSR count). The monoisotopic (exact) mass is 425 g/mol. The van der Waals surface area contributed by atoms with Gasteiger partial charge in [0.15, 0.2) is 11.5 Å². The lowest BCUT2D eigenvalue weighted by Gasteiger charge is -2.15. The first-order valence-corrected chi connectivity index (χ1v) is 10.1. The predicted octanol–water partition coefficient (Wildman–Crippen LogP) is 4.33. The number of carboxylic acid groups (broad SMARTS) is 1. The summed E-state index contributed by atoms with van der Waals surface area (Å²) in [6.07, 6.45) is 3.46. The third-order valence-corrected chi connectivity index (χ3v) is 5.19. The minimum atomic E-state index is -1.02. The molecule has 0 unspecified atom stereocenters. The number of aromatic carboxylic acids is 1. The van der Waals surface area contributed by atoms with Crippen molar-refractivity contribution < 1.29 is 29.2 Å². The zero-order valence-corrected chi connectivity index (χ0v) is 18.0. The Bertz CT molecular complexity index is 1050. The van der Waals surface area contributed by atoms with Crippen LogP contribution in [-0.4, -0.2) is 49.1 Å². The predicted molar refractivity (Wildman–Crippen MR) is 118 cm³/mol. The molecule has 0 fully saturated rings. The molecule has 2 N–H and O–H groups in total. The van der Waals surface area contributed by atoms with Gasteiger partial charge in [-0.2, -0.15) is 0 Å². The van der Waals surface area contributed by atoms with E-state index < -0.39 is 5.97 Å². The summed E-state index contributed by atoms with van der Waals surface area (Å²) in [4.78, 5) is 16.7. The summed E-state index contributed by atoms with van der Waals surface area (Å²) in [7, 11) is 4.58. The Kier molecular flexibility index (Phi) is 7.31. The number of carboxylic acids is 1. The van der Waals surface area contributed by atoms with Crippen LogP contribution >= 0.6 is 0 Å². The molecule has 0 spiro atoms. The number of aryl methyl sites for hydroxylation is 1. The fraction of sp³-hybridized carbons (Fsp3) is 0.333. The first-order valence-electron chi connectivity index (χ1n) is 10.1. The van der Waals surface area contributed by atoms with Crippen LogP contribution in [0.25, 0.3) is 22.2 Å². The lowest BCUT2D eigenvalue weighted by molar-refractivity contribution is 0.0699. The average molecular weight is 425 g/mol. The van der Waals surface area contributed by atoms with Crippen molar-refractivity contribution in [1.82, 2.24) is 4.98 Å². The fourth-order valence-corrected chi connectivity index (χ4v) is 3.60. The molecule has 1 heterocycles. The van der Waals surface area contributed by atoms with Crippen molar-refractivity contribution in [2.45, 2.75) is 25.7 Å². The van der Waals surface area contributed by atoms with Gasteiger partial charge < -0.3 is 24.4 Å². The molecule has 3 aromatic rings. The second kappa shape index (κ2) is 10.1. The third-order valence-electron chi connectivity index (χ3n) is 5.19. The summed E-state index contributed by atoms with van der Waals surface area (Å²) in [5, 5.41) is 19.4. The van der Waals surface area contributed by atoms with E-state index in [0.29, 0.717) is 39.4 Å². The number of ether oxygens (including phenoxy) is 3. The summed E-state index contributed by atoms with van der Waals surface area (Å²) in [5.74, 6) is 0.375. The molecule has 31 heavy (non-hydrogen) atoms. The highest BCUT2D eigenvalue weighted by Crippen LogP contribution is 2.41. The third kappa shape index (κ3) is 4.88. The minimum absolute atomic E-state index is 0.186. The number of fused-ring (bicyclic) bond motifs is 1. The van der Waals surface area contributed by atoms with E-state index >= 15 is 0 Å². The lowest BCUT2D eigenvalue weighted by Crippen LogP contribution is -2.02. The van der Waals surface area contributed by atoms with Gasteiger partial charge in [-0.25, -0.2) is 9.78 Å². The Hall–Kier alpha value is -3.32. The van der Waals surface area contributed by atoms with E-state index in [4.69, 9.17) is 24.3 Å². The molecule has 2 aromatic carbocycles. The fourth-order valence-electron chi connectivity index (χ4n) is 3.60. The highest BCUT2D eigenvalue weighted by molar-refractivity contribution is 6.04. The number of carbonyl (C=O) groups is 1. The van der Waals surface area contributed by atoms with Gasteiger partial charge in [-0.1, -0.05) is 12.5 Å². The Balaban J connectivity index is 2.08. The van der Waals surface area contributed by atoms with E-state index in [9.17, 15) is 9.90 Å². The van der Waals surface area contributed by atoms with Crippen LogP contribution in [-0.2, 0) is 6.42 Å². The SMILES string of the molecule is COc1cc(-c2cc(C(=O)O)c3cc(CCCCCO)ccc3n2)cc(OC)c1OC. The first kappa shape index (κ1) is 22.4. The molecule has 7 nitrogen and oxygen atoms in total. The number of hydrogen-bond acceptors (Lipinski definition) is 6. The van der Waals surface area contributed by atoms with E-state index in [2.05, 4.69) is 0 Å². The van der Waals surface area contributed by atoms with Crippen LogP contribution < -0.4 is 14.2 Å².